The summed E-state index contributed by atoms with van der Waals surface area (Å²) in [7, 11) is 0. The van der Waals surface area contributed by atoms with Crippen LogP contribution in [0.5, 0.6) is 11.6 Å². The van der Waals surface area contributed by atoms with Gasteiger partial charge >= 0.3 is 0 Å². The molecule has 0 spiro atoms. The Morgan fingerprint density at radius 1 is 1.31 bits per heavy atom. The molecule has 0 aliphatic carbocycles. The molecule has 0 bridgehead atoms. The zero-order valence-corrected chi connectivity index (χ0v) is 18.9. The first-order valence-corrected chi connectivity index (χ1v) is 10.3. The van der Waals surface area contributed by atoms with Gasteiger partial charge in [-0.1, -0.05) is 17.7 Å². The number of carbonyl (C=O) groups is 1. The number of ketones is 1. The second-order valence-electron chi connectivity index (χ2n) is 7.56. The number of pyridine rings is 2. The van der Waals surface area contributed by atoms with Crippen molar-refractivity contribution in [2.75, 3.05) is 0 Å². The van der Waals surface area contributed by atoms with Gasteiger partial charge in [-0.3, -0.25) is 19.1 Å². The van der Waals surface area contributed by atoms with Crippen LogP contribution in [0, 0.1) is 32.1 Å². The molecule has 0 fully saturated rings. The van der Waals surface area contributed by atoms with E-state index in [0.717, 1.165) is 15.7 Å². The maximum Gasteiger partial charge on any atom is 0.271 e. The SMILES string of the molecule is Cc1cc(OC(C)C(=O)c2c(C)c(C#N)c(=O)n(Cc3cccnc3)c2O)cc(C)c1Cl. The average molecular weight is 452 g/mol. The fourth-order valence-corrected chi connectivity index (χ4v) is 3.61. The summed E-state index contributed by atoms with van der Waals surface area (Å²) in [5.74, 6) is -0.618. The van der Waals surface area contributed by atoms with E-state index in [1.165, 1.54) is 13.1 Å². The van der Waals surface area contributed by atoms with Crippen LogP contribution in [0.25, 0.3) is 0 Å². The summed E-state index contributed by atoms with van der Waals surface area (Å²) >= 11 is 6.20. The third-order valence-electron chi connectivity index (χ3n) is 5.20. The molecular weight excluding hydrogens is 430 g/mol. The Bertz CT molecular complexity index is 1270. The monoisotopic (exact) mass is 451 g/mol. The molecule has 0 saturated heterocycles. The van der Waals surface area contributed by atoms with Gasteiger partial charge in [-0.2, -0.15) is 5.26 Å². The minimum absolute atomic E-state index is 0.0431. The van der Waals surface area contributed by atoms with Gasteiger partial charge in [-0.15, -0.1) is 0 Å². The van der Waals surface area contributed by atoms with Crippen molar-refractivity contribution in [3.8, 4) is 17.7 Å². The van der Waals surface area contributed by atoms with Crippen LogP contribution >= 0.6 is 11.6 Å². The molecule has 7 nitrogen and oxygen atoms in total. The number of aryl methyl sites for hydroxylation is 2. The number of aromatic hydroxyl groups is 1. The Morgan fingerprint density at radius 2 is 1.97 bits per heavy atom. The molecule has 1 atom stereocenters. The van der Waals surface area contributed by atoms with Crippen LogP contribution in [0.1, 0.15) is 45.1 Å². The van der Waals surface area contributed by atoms with E-state index >= 15 is 0 Å². The van der Waals surface area contributed by atoms with E-state index in [1.54, 1.807) is 37.4 Å². The maximum absolute atomic E-state index is 13.3. The van der Waals surface area contributed by atoms with E-state index in [0.29, 0.717) is 16.3 Å². The highest BCUT2D eigenvalue weighted by atomic mass is 35.5. The van der Waals surface area contributed by atoms with Crippen LogP contribution in [0.3, 0.4) is 0 Å². The first kappa shape index (κ1) is 23.0. The normalized spacial score (nSPS) is 11.6. The van der Waals surface area contributed by atoms with Crippen molar-refractivity contribution >= 4 is 17.4 Å². The van der Waals surface area contributed by atoms with Gasteiger partial charge in [0, 0.05) is 17.4 Å². The fraction of sp³-hybridized carbons (Fsp3) is 0.250. The molecule has 2 aromatic heterocycles. The lowest BCUT2D eigenvalue weighted by atomic mass is 9.99. The minimum Gasteiger partial charge on any atom is -0.494 e. The number of hydrogen-bond donors (Lipinski definition) is 1. The Hall–Kier alpha value is -3.63. The van der Waals surface area contributed by atoms with E-state index in [2.05, 4.69) is 4.98 Å². The van der Waals surface area contributed by atoms with E-state index in [1.807, 2.05) is 19.9 Å². The van der Waals surface area contributed by atoms with Crippen molar-refractivity contribution in [3.05, 3.63) is 85.4 Å². The van der Waals surface area contributed by atoms with Crippen molar-refractivity contribution in [1.29, 1.82) is 5.26 Å². The highest BCUT2D eigenvalue weighted by Gasteiger charge is 2.28. The molecule has 8 heteroatoms. The molecule has 1 unspecified atom stereocenters. The molecule has 0 saturated carbocycles. The highest BCUT2D eigenvalue weighted by Crippen LogP contribution is 2.29. The molecule has 0 aliphatic heterocycles. The molecule has 2 heterocycles. The predicted molar refractivity (Wildman–Crippen MR) is 121 cm³/mol. The summed E-state index contributed by atoms with van der Waals surface area (Å²) in [5, 5.41) is 21.0. The van der Waals surface area contributed by atoms with Gasteiger partial charge in [-0.05, 0) is 68.1 Å². The average Bonchev–Trinajstić information content (AvgIpc) is 2.76. The van der Waals surface area contributed by atoms with Gasteiger partial charge in [0.15, 0.2) is 6.10 Å². The van der Waals surface area contributed by atoms with Crippen LogP contribution in [0.15, 0.2) is 41.5 Å². The first-order chi connectivity index (χ1) is 15.1. The summed E-state index contributed by atoms with van der Waals surface area (Å²) in [6, 6.07) is 8.71. The number of Topliss-reactive ketones (excluding diaryl/α,β-unsaturated/α-hetero) is 1. The van der Waals surface area contributed by atoms with Crippen molar-refractivity contribution in [1.82, 2.24) is 9.55 Å². The lowest BCUT2D eigenvalue weighted by Crippen LogP contribution is -2.31. The largest absolute Gasteiger partial charge is 0.494 e. The zero-order chi connectivity index (χ0) is 23.6. The lowest BCUT2D eigenvalue weighted by Gasteiger charge is -2.19. The number of ether oxygens (including phenoxy) is 1. The van der Waals surface area contributed by atoms with Crippen LogP contribution < -0.4 is 10.3 Å². The summed E-state index contributed by atoms with van der Waals surface area (Å²) in [6.45, 7) is 6.63. The van der Waals surface area contributed by atoms with E-state index in [9.17, 15) is 20.0 Å². The van der Waals surface area contributed by atoms with Gasteiger partial charge in [0.2, 0.25) is 11.7 Å². The van der Waals surface area contributed by atoms with Gasteiger partial charge in [-0.25, -0.2) is 0 Å². The van der Waals surface area contributed by atoms with E-state index in [4.69, 9.17) is 16.3 Å². The molecular formula is C24H22ClN3O4. The number of rotatable bonds is 6. The molecule has 0 radical (unpaired) electrons. The second-order valence-corrected chi connectivity index (χ2v) is 7.94. The van der Waals surface area contributed by atoms with Gasteiger partial charge in [0.25, 0.3) is 5.56 Å². The molecule has 32 heavy (non-hydrogen) atoms. The smallest absolute Gasteiger partial charge is 0.271 e. The quantitative estimate of drug-likeness (QED) is 0.565. The third-order valence-corrected chi connectivity index (χ3v) is 5.80. The summed E-state index contributed by atoms with van der Waals surface area (Å²) < 4.78 is 6.82. The van der Waals surface area contributed by atoms with E-state index in [-0.39, 0.29) is 23.2 Å². The highest BCUT2D eigenvalue weighted by molar-refractivity contribution is 6.32. The Balaban J connectivity index is 2.04. The molecule has 0 amide bonds. The van der Waals surface area contributed by atoms with Crippen molar-refractivity contribution < 1.29 is 14.6 Å². The van der Waals surface area contributed by atoms with Gasteiger partial charge in [0.1, 0.15) is 17.4 Å². The van der Waals surface area contributed by atoms with Crippen LogP contribution in [0.4, 0.5) is 0 Å². The number of aromatic nitrogens is 2. The number of benzene rings is 1. The summed E-state index contributed by atoms with van der Waals surface area (Å²) in [6.07, 6.45) is 2.13. The van der Waals surface area contributed by atoms with Crippen molar-refractivity contribution in [2.24, 2.45) is 0 Å². The molecule has 1 aromatic carbocycles. The van der Waals surface area contributed by atoms with E-state index < -0.39 is 23.3 Å². The predicted octanol–water partition coefficient (Wildman–Crippen LogP) is 4.10. The Labute approximate surface area is 190 Å². The van der Waals surface area contributed by atoms with Crippen molar-refractivity contribution in [3.63, 3.8) is 0 Å². The van der Waals surface area contributed by atoms with Crippen LogP contribution in [0.2, 0.25) is 5.02 Å². The zero-order valence-electron chi connectivity index (χ0n) is 18.1. The topological polar surface area (TPSA) is 105 Å². The number of halogens is 1. The third kappa shape index (κ3) is 4.36. The van der Waals surface area contributed by atoms with Crippen LogP contribution in [-0.2, 0) is 6.54 Å². The summed E-state index contributed by atoms with van der Waals surface area (Å²) in [5.41, 5.74) is 1.34. The summed E-state index contributed by atoms with van der Waals surface area (Å²) in [4.78, 5) is 30.1. The molecule has 1 N–H and O–H groups in total. The number of nitriles is 1. The molecule has 3 rings (SSSR count). The van der Waals surface area contributed by atoms with Crippen molar-refractivity contribution in [2.45, 2.75) is 40.3 Å². The lowest BCUT2D eigenvalue weighted by molar-refractivity contribution is 0.0812. The standard InChI is InChI=1S/C24H22ClN3O4/c1-13-8-18(9-14(2)21(13)25)32-16(4)22(29)20-15(3)19(10-26)23(30)28(24(20)31)12-17-6-5-7-27-11-17/h5-9,11,16,31H,12H2,1-4H3. The maximum atomic E-state index is 13.3. The number of nitrogens with zero attached hydrogens (tertiary/aromatic N) is 3. The Morgan fingerprint density at radius 3 is 2.53 bits per heavy atom. The first-order valence-electron chi connectivity index (χ1n) is 9.88. The molecule has 164 valence electrons. The van der Waals surface area contributed by atoms with Gasteiger partial charge < -0.3 is 9.84 Å². The van der Waals surface area contributed by atoms with Gasteiger partial charge in [0.05, 0.1) is 12.1 Å². The molecule has 0 aliphatic rings. The Kier molecular flexibility index (Phi) is 6.66. The fourth-order valence-electron chi connectivity index (χ4n) is 3.50. The second kappa shape index (κ2) is 9.25. The minimum atomic E-state index is -0.990. The van der Waals surface area contributed by atoms with Crippen LogP contribution in [-0.4, -0.2) is 26.5 Å². The number of hydrogen-bond acceptors (Lipinski definition) is 6. The molecule has 3 aromatic rings. The number of carbonyl (C=O) groups excluding carboxylic acids is 1.